The van der Waals surface area contributed by atoms with Crippen molar-refractivity contribution in [2.75, 3.05) is 12.3 Å². The topological polar surface area (TPSA) is 127 Å². The zero-order valence-corrected chi connectivity index (χ0v) is 16.0. The molecule has 0 saturated carbocycles. The number of hydrogen-bond acceptors (Lipinski definition) is 7. The Hall–Kier alpha value is -2.62. The third kappa shape index (κ3) is 3.96. The summed E-state index contributed by atoms with van der Waals surface area (Å²) in [6.45, 7) is 3.25. The summed E-state index contributed by atoms with van der Waals surface area (Å²) in [6.07, 6.45) is 0. The maximum absolute atomic E-state index is 12.4. The Morgan fingerprint density at radius 2 is 1.96 bits per heavy atom. The van der Waals surface area contributed by atoms with Gasteiger partial charge in [0.05, 0.1) is 0 Å². The fourth-order valence-corrected chi connectivity index (χ4v) is 2.59. The fourth-order valence-electron chi connectivity index (χ4n) is 2.29. The minimum atomic E-state index is -0.866. The monoisotopic (exact) mass is 427 g/mol. The summed E-state index contributed by atoms with van der Waals surface area (Å²) in [7, 11) is 1.25. The average molecular weight is 428 g/mol. The molecule has 2 aromatic heterocycles. The van der Waals surface area contributed by atoms with Crippen LogP contribution < -0.4 is 17.0 Å². The molecular formula is C16H18BrN3O6. The van der Waals surface area contributed by atoms with Crippen LogP contribution in [0.3, 0.4) is 0 Å². The molecule has 0 spiro atoms. The van der Waals surface area contributed by atoms with Crippen LogP contribution in [-0.4, -0.2) is 27.5 Å². The molecule has 2 rings (SSSR count). The molecule has 0 atom stereocenters. The SMILES string of the molecule is CC(C)Cn1c(N)c(C(=O)COC(=O)c2ccc(Br)o2)c(=O)n(C)c1=O. The molecule has 9 nitrogen and oxygen atoms in total. The lowest BCUT2D eigenvalue weighted by atomic mass is 10.1. The van der Waals surface area contributed by atoms with Gasteiger partial charge in [-0.1, -0.05) is 13.8 Å². The minimum absolute atomic E-state index is 0.0608. The number of ether oxygens (including phenoxy) is 1. The summed E-state index contributed by atoms with van der Waals surface area (Å²) >= 11 is 3.04. The van der Waals surface area contributed by atoms with Gasteiger partial charge in [-0.05, 0) is 34.0 Å². The van der Waals surface area contributed by atoms with Gasteiger partial charge in [0.1, 0.15) is 11.4 Å². The molecule has 0 radical (unpaired) electrons. The van der Waals surface area contributed by atoms with Crippen LogP contribution >= 0.6 is 15.9 Å². The Morgan fingerprint density at radius 1 is 1.31 bits per heavy atom. The molecule has 2 heterocycles. The Morgan fingerprint density at radius 3 is 2.50 bits per heavy atom. The summed E-state index contributed by atoms with van der Waals surface area (Å²) in [4.78, 5) is 48.7. The van der Waals surface area contributed by atoms with Crippen LogP contribution in [0.15, 0.2) is 30.8 Å². The number of esters is 1. The van der Waals surface area contributed by atoms with E-state index in [-0.39, 0.29) is 29.6 Å². The van der Waals surface area contributed by atoms with Crippen LogP contribution in [-0.2, 0) is 18.3 Å². The maximum atomic E-state index is 12.4. The van der Waals surface area contributed by atoms with E-state index in [9.17, 15) is 19.2 Å². The molecule has 26 heavy (non-hydrogen) atoms. The van der Waals surface area contributed by atoms with E-state index in [4.69, 9.17) is 14.9 Å². The number of nitrogens with zero attached hydrogens (tertiary/aromatic N) is 2. The van der Waals surface area contributed by atoms with Gasteiger partial charge in [0.25, 0.3) is 5.56 Å². The van der Waals surface area contributed by atoms with Crippen LogP contribution in [0.4, 0.5) is 5.82 Å². The number of carbonyl (C=O) groups is 2. The van der Waals surface area contributed by atoms with E-state index in [1.807, 2.05) is 13.8 Å². The first-order valence-corrected chi connectivity index (χ1v) is 8.47. The lowest BCUT2D eigenvalue weighted by Gasteiger charge is -2.16. The Kier molecular flexibility index (Phi) is 5.86. The van der Waals surface area contributed by atoms with Crippen molar-refractivity contribution in [1.82, 2.24) is 9.13 Å². The molecule has 140 valence electrons. The second-order valence-electron chi connectivity index (χ2n) is 6.01. The Labute approximate surface area is 156 Å². The molecule has 10 heteroatoms. The number of Topliss-reactive ketones (excluding diaryl/α,β-unsaturated/α-hetero) is 1. The second-order valence-corrected chi connectivity index (χ2v) is 6.80. The zero-order valence-electron chi connectivity index (χ0n) is 14.4. The van der Waals surface area contributed by atoms with Gasteiger partial charge < -0.3 is 14.9 Å². The number of nitrogen functional groups attached to an aromatic ring is 1. The third-order valence-corrected chi connectivity index (χ3v) is 3.94. The van der Waals surface area contributed by atoms with E-state index >= 15 is 0 Å². The van der Waals surface area contributed by atoms with E-state index in [1.165, 1.54) is 19.2 Å². The van der Waals surface area contributed by atoms with E-state index in [0.717, 1.165) is 9.13 Å². The smallest absolute Gasteiger partial charge is 0.374 e. The van der Waals surface area contributed by atoms with Crippen LogP contribution in [0.1, 0.15) is 34.8 Å². The summed E-state index contributed by atoms with van der Waals surface area (Å²) in [5.74, 6) is -1.95. The first kappa shape index (κ1) is 19.7. The number of furan rings is 1. The molecule has 0 aliphatic carbocycles. The highest BCUT2D eigenvalue weighted by Gasteiger charge is 2.23. The maximum Gasteiger partial charge on any atom is 0.374 e. The quantitative estimate of drug-likeness (QED) is 0.541. The third-order valence-electron chi connectivity index (χ3n) is 3.52. The lowest BCUT2D eigenvalue weighted by molar-refractivity contribution is 0.0442. The number of hydrogen-bond donors (Lipinski definition) is 1. The van der Waals surface area contributed by atoms with Crippen LogP contribution in [0, 0.1) is 5.92 Å². The number of halogens is 1. The van der Waals surface area contributed by atoms with Crippen molar-refractivity contribution in [3.63, 3.8) is 0 Å². The summed E-state index contributed by atoms with van der Waals surface area (Å²) in [6, 6.07) is 2.86. The summed E-state index contributed by atoms with van der Waals surface area (Å²) in [5, 5.41) is 0. The van der Waals surface area contributed by atoms with Crippen molar-refractivity contribution < 1.29 is 18.7 Å². The van der Waals surface area contributed by atoms with Crippen molar-refractivity contribution in [2.45, 2.75) is 20.4 Å². The molecule has 0 amide bonds. The fraction of sp³-hybridized carbons (Fsp3) is 0.375. The minimum Gasteiger partial charge on any atom is -0.451 e. The number of rotatable bonds is 6. The lowest BCUT2D eigenvalue weighted by Crippen LogP contribution is -2.43. The molecule has 0 bridgehead atoms. The van der Waals surface area contributed by atoms with Gasteiger partial charge in [0.15, 0.2) is 11.3 Å². The van der Waals surface area contributed by atoms with Gasteiger partial charge in [-0.25, -0.2) is 9.59 Å². The van der Waals surface area contributed by atoms with Crippen molar-refractivity contribution in [3.05, 3.63) is 49.0 Å². The number of aromatic nitrogens is 2. The average Bonchev–Trinajstić information content (AvgIpc) is 3.01. The molecule has 0 aliphatic rings. The molecule has 2 N–H and O–H groups in total. The molecule has 0 saturated heterocycles. The van der Waals surface area contributed by atoms with Crippen LogP contribution in [0.2, 0.25) is 0 Å². The molecule has 0 unspecified atom stereocenters. The summed E-state index contributed by atoms with van der Waals surface area (Å²) in [5.41, 5.74) is 4.05. The standard InChI is InChI=1S/C16H18BrN3O6/c1-8(2)6-20-13(18)12(14(22)19(3)16(20)24)9(21)7-25-15(23)10-4-5-11(17)26-10/h4-5,8H,6-7,18H2,1-3H3. The van der Waals surface area contributed by atoms with Crippen molar-refractivity contribution in [1.29, 1.82) is 0 Å². The molecule has 0 aliphatic heterocycles. The van der Waals surface area contributed by atoms with Gasteiger partial charge in [-0.3, -0.25) is 18.7 Å². The Bertz CT molecular complexity index is 969. The van der Waals surface area contributed by atoms with Crippen molar-refractivity contribution in [3.8, 4) is 0 Å². The highest BCUT2D eigenvalue weighted by Crippen LogP contribution is 2.15. The largest absolute Gasteiger partial charge is 0.451 e. The molecule has 2 aromatic rings. The van der Waals surface area contributed by atoms with Crippen molar-refractivity contribution >= 4 is 33.5 Å². The van der Waals surface area contributed by atoms with Gasteiger partial charge in [0.2, 0.25) is 11.5 Å². The van der Waals surface area contributed by atoms with Crippen molar-refractivity contribution in [2.24, 2.45) is 13.0 Å². The van der Waals surface area contributed by atoms with Gasteiger partial charge in [-0.2, -0.15) is 0 Å². The number of nitrogens with two attached hydrogens (primary N) is 1. The first-order valence-electron chi connectivity index (χ1n) is 7.68. The molecule has 0 fully saturated rings. The number of anilines is 1. The number of carbonyl (C=O) groups excluding carboxylic acids is 2. The van der Waals surface area contributed by atoms with Gasteiger partial charge >= 0.3 is 11.7 Å². The van der Waals surface area contributed by atoms with E-state index in [2.05, 4.69) is 15.9 Å². The second kappa shape index (κ2) is 7.73. The predicted octanol–water partition coefficient (Wildman–Crippen LogP) is 1.18. The highest BCUT2D eigenvalue weighted by atomic mass is 79.9. The number of ketones is 1. The van der Waals surface area contributed by atoms with Crippen LogP contribution in [0.5, 0.6) is 0 Å². The van der Waals surface area contributed by atoms with Gasteiger partial charge in [-0.15, -0.1) is 0 Å². The van der Waals surface area contributed by atoms with E-state index in [0.29, 0.717) is 4.67 Å². The van der Waals surface area contributed by atoms with Crippen LogP contribution in [0.25, 0.3) is 0 Å². The zero-order chi connectivity index (χ0) is 19.6. The highest BCUT2D eigenvalue weighted by molar-refractivity contribution is 9.10. The molecular weight excluding hydrogens is 410 g/mol. The van der Waals surface area contributed by atoms with Gasteiger partial charge in [0, 0.05) is 13.6 Å². The molecule has 0 aromatic carbocycles. The normalized spacial score (nSPS) is 11.0. The summed E-state index contributed by atoms with van der Waals surface area (Å²) < 4.78 is 12.2. The van der Waals surface area contributed by atoms with E-state index in [1.54, 1.807) is 0 Å². The predicted molar refractivity (Wildman–Crippen MR) is 96.2 cm³/mol. The Balaban J connectivity index is 2.31. The first-order chi connectivity index (χ1) is 12.1. The van der Waals surface area contributed by atoms with E-state index < -0.39 is 29.6 Å².